The summed E-state index contributed by atoms with van der Waals surface area (Å²) in [6, 6.07) is 0.509. The van der Waals surface area contributed by atoms with Crippen molar-refractivity contribution in [3.63, 3.8) is 0 Å². The van der Waals surface area contributed by atoms with Gasteiger partial charge >= 0.3 is 0 Å². The predicted molar refractivity (Wildman–Crippen MR) is 51.3 cm³/mol. The van der Waals surface area contributed by atoms with E-state index < -0.39 is 0 Å². The normalized spacial score (nSPS) is 19.5. The van der Waals surface area contributed by atoms with Crippen molar-refractivity contribution in [1.82, 2.24) is 5.32 Å². The highest BCUT2D eigenvalue weighted by molar-refractivity contribution is 4.72. The zero-order chi connectivity index (χ0) is 8.81. The molecule has 12 heavy (non-hydrogen) atoms. The first kappa shape index (κ1) is 10.0. The monoisotopic (exact) mass is 171 g/mol. The number of rotatable bonds is 7. The smallest absolute Gasteiger partial charge is 0.0616 e. The maximum Gasteiger partial charge on any atom is 0.0616 e. The number of likely N-dealkylation sites (N-methyl/N-ethyl adjacent to an activating group) is 1. The lowest BCUT2D eigenvalue weighted by Crippen LogP contribution is -2.30. The number of nitrogens with one attached hydrogen (secondary N) is 1. The molecule has 0 saturated heterocycles. The van der Waals surface area contributed by atoms with Gasteiger partial charge in [-0.2, -0.15) is 0 Å². The average Bonchev–Trinajstić information content (AvgIpc) is 2.82. The molecule has 1 fully saturated rings. The van der Waals surface area contributed by atoms with Crippen LogP contribution in [-0.4, -0.2) is 25.8 Å². The summed E-state index contributed by atoms with van der Waals surface area (Å²) in [4.78, 5) is 0. The summed E-state index contributed by atoms with van der Waals surface area (Å²) in [6.45, 7) is 7.15. The van der Waals surface area contributed by atoms with Crippen molar-refractivity contribution in [2.45, 2.75) is 39.2 Å². The highest BCUT2D eigenvalue weighted by Crippen LogP contribution is 2.31. The van der Waals surface area contributed by atoms with Crippen LogP contribution in [0.25, 0.3) is 0 Å². The molecule has 2 nitrogen and oxygen atoms in total. The van der Waals surface area contributed by atoms with Crippen LogP contribution >= 0.6 is 0 Å². The highest BCUT2D eigenvalue weighted by atomic mass is 16.5. The van der Waals surface area contributed by atoms with Crippen molar-refractivity contribution in [2.75, 3.05) is 19.8 Å². The second-order valence-corrected chi connectivity index (χ2v) is 3.77. The summed E-state index contributed by atoms with van der Waals surface area (Å²) >= 11 is 0. The molecule has 1 N–H and O–H groups in total. The van der Waals surface area contributed by atoms with Crippen LogP contribution < -0.4 is 5.32 Å². The van der Waals surface area contributed by atoms with Gasteiger partial charge in [0.2, 0.25) is 0 Å². The highest BCUT2D eigenvalue weighted by Gasteiger charge is 2.20. The first-order chi connectivity index (χ1) is 5.83. The average molecular weight is 171 g/mol. The second-order valence-electron chi connectivity index (χ2n) is 3.77. The molecule has 2 heteroatoms. The van der Waals surface area contributed by atoms with E-state index in [0.717, 1.165) is 25.7 Å². The summed E-state index contributed by atoms with van der Waals surface area (Å²) in [5, 5.41) is 3.32. The molecule has 1 rings (SSSR count). The molecule has 0 bridgehead atoms. The van der Waals surface area contributed by atoms with Crippen LogP contribution in [0.2, 0.25) is 0 Å². The van der Waals surface area contributed by atoms with E-state index in [1.165, 1.54) is 19.3 Å². The van der Waals surface area contributed by atoms with Gasteiger partial charge in [0.15, 0.2) is 0 Å². The summed E-state index contributed by atoms with van der Waals surface area (Å²) in [5.41, 5.74) is 0. The van der Waals surface area contributed by atoms with E-state index in [4.69, 9.17) is 4.74 Å². The zero-order valence-electron chi connectivity index (χ0n) is 8.31. The van der Waals surface area contributed by atoms with Gasteiger partial charge in [-0.1, -0.05) is 19.8 Å². The van der Waals surface area contributed by atoms with E-state index in [1.54, 1.807) is 0 Å². The van der Waals surface area contributed by atoms with Crippen molar-refractivity contribution >= 4 is 0 Å². The Morgan fingerprint density at radius 3 is 2.83 bits per heavy atom. The number of ether oxygens (including phenoxy) is 1. The van der Waals surface area contributed by atoms with Gasteiger partial charge in [0.25, 0.3) is 0 Å². The van der Waals surface area contributed by atoms with E-state index in [0.29, 0.717) is 6.04 Å². The maximum atomic E-state index is 5.54. The molecule has 0 amide bonds. The van der Waals surface area contributed by atoms with Gasteiger partial charge in [0, 0.05) is 12.6 Å². The Balaban J connectivity index is 1.80. The summed E-state index contributed by atoms with van der Waals surface area (Å²) < 4.78 is 5.54. The third-order valence-corrected chi connectivity index (χ3v) is 2.29. The van der Waals surface area contributed by atoms with Crippen LogP contribution in [-0.2, 0) is 4.74 Å². The second kappa shape index (κ2) is 5.55. The Labute approximate surface area is 75.7 Å². The van der Waals surface area contributed by atoms with Crippen LogP contribution in [0, 0.1) is 5.92 Å². The van der Waals surface area contributed by atoms with Crippen molar-refractivity contribution in [1.29, 1.82) is 0 Å². The Hall–Kier alpha value is -0.0800. The van der Waals surface area contributed by atoms with Gasteiger partial charge in [-0.25, -0.2) is 0 Å². The summed E-state index contributed by atoms with van der Waals surface area (Å²) in [6.07, 6.45) is 4.15. The molecule has 0 aromatic heterocycles. The molecular weight excluding hydrogens is 150 g/mol. The molecule has 0 aromatic carbocycles. The minimum atomic E-state index is 0.509. The Morgan fingerprint density at radius 1 is 1.50 bits per heavy atom. The predicted octanol–water partition coefficient (Wildman–Crippen LogP) is 1.80. The standard InChI is InChI=1S/C10H21NO/c1-3-11-9(2)8-12-7-6-10-4-5-10/h9-11H,3-8H2,1-2H3. The molecule has 0 aromatic rings. The van der Waals surface area contributed by atoms with Gasteiger partial charge in [0.05, 0.1) is 6.61 Å². The maximum absolute atomic E-state index is 5.54. The molecule has 72 valence electrons. The molecule has 1 aliphatic rings. The van der Waals surface area contributed by atoms with Crippen LogP contribution in [0.5, 0.6) is 0 Å². The molecule has 0 spiro atoms. The van der Waals surface area contributed by atoms with E-state index in [1.807, 2.05) is 0 Å². The quantitative estimate of drug-likeness (QED) is 0.590. The Morgan fingerprint density at radius 2 is 2.25 bits per heavy atom. The molecular formula is C10H21NO. The fraction of sp³-hybridized carbons (Fsp3) is 1.00. The van der Waals surface area contributed by atoms with Crippen LogP contribution in [0.4, 0.5) is 0 Å². The van der Waals surface area contributed by atoms with Gasteiger partial charge < -0.3 is 10.1 Å². The summed E-state index contributed by atoms with van der Waals surface area (Å²) in [5.74, 6) is 0.999. The molecule has 0 heterocycles. The lowest BCUT2D eigenvalue weighted by Gasteiger charge is -2.12. The molecule has 1 atom stereocenters. The van der Waals surface area contributed by atoms with Gasteiger partial charge in [0.1, 0.15) is 0 Å². The Kier molecular flexibility index (Phi) is 4.62. The third kappa shape index (κ3) is 4.73. The van der Waals surface area contributed by atoms with Crippen molar-refractivity contribution in [3.05, 3.63) is 0 Å². The van der Waals surface area contributed by atoms with E-state index in [9.17, 15) is 0 Å². The van der Waals surface area contributed by atoms with Crippen LogP contribution in [0.3, 0.4) is 0 Å². The fourth-order valence-corrected chi connectivity index (χ4v) is 1.32. The molecule has 0 aliphatic heterocycles. The largest absolute Gasteiger partial charge is 0.380 e. The topological polar surface area (TPSA) is 21.3 Å². The minimum absolute atomic E-state index is 0.509. The van der Waals surface area contributed by atoms with E-state index >= 15 is 0 Å². The Bertz CT molecular complexity index is 112. The molecule has 1 saturated carbocycles. The van der Waals surface area contributed by atoms with Crippen molar-refractivity contribution in [2.24, 2.45) is 5.92 Å². The molecule has 1 unspecified atom stereocenters. The SMILES string of the molecule is CCNC(C)COCCC1CC1. The zero-order valence-corrected chi connectivity index (χ0v) is 8.31. The van der Waals surface area contributed by atoms with Crippen molar-refractivity contribution < 1.29 is 4.74 Å². The van der Waals surface area contributed by atoms with Gasteiger partial charge in [-0.3, -0.25) is 0 Å². The lowest BCUT2D eigenvalue weighted by atomic mass is 10.3. The van der Waals surface area contributed by atoms with Crippen LogP contribution in [0.1, 0.15) is 33.1 Å². The first-order valence-electron chi connectivity index (χ1n) is 5.14. The number of hydrogen-bond donors (Lipinski definition) is 1. The van der Waals surface area contributed by atoms with Crippen LogP contribution in [0.15, 0.2) is 0 Å². The molecule has 1 aliphatic carbocycles. The lowest BCUT2D eigenvalue weighted by molar-refractivity contribution is 0.111. The minimum Gasteiger partial charge on any atom is -0.380 e. The van der Waals surface area contributed by atoms with Gasteiger partial charge in [-0.15, -0.1) is 0 Å². The third-order valence-electron chi connectivity index (χ3n) is 2.29. The number of hydrogen-bond acceptors (Lipinski definition) is 2. The van der Waals surface area contributed by atoms with E-state index in [-0.39, 0.29) is 0 Å². The van der Waals surface area contributed by atoms with Gasteiger partial charge in [-0.05, 0) is 25.8 Å². The van der Waals surface area contributed by atoms with Crippen molar-refractivity contribution in [3.8, 4) is 0 Å². The molecule has 0 radical (unpaired) electrons. The first-order valence-corrected chi connectivity index (χ1v) is 5.14. The van der Waals surface area contributed by atoms with E-state index in [2.05, 4.69) is 19.2 Å². The fourth-order valence-electron chi connectivity index (χ4n) is 1.32. The summed E-state index contributed by atoms with van der Waals surface area (Å²) in [7, 11) is 0.